The van der Waals surface area contributed by atoms with E-state index in [9.17, 15) is 0 Å². The summed E-state index contributed by atoms with van der Waals surface area (Å²) in [6, 6.07) is 2.01. The Hall–Kier alpha value is -0.800. The van der Waals surface area contributed by atoms with E-state index in [2.05, 4.69) is 29.0 Å². The van der Waals surface area contributed by atoms with Gasteiger partial charge >= 0.3 is 0 Å². The van der Waals surface area contributed by atoms with Crippen LogP contribution in [0.3, 0.4) is 0 Å². The van der Waals surface area contributed by atoms with Crippen molar-refractivity contribution in [2.24, 2.45) is 11.8 Å². The first-order valence-corrected chi connectivity index (χ1v) is 7.59. The highest BCUT2D eigenvalue weighted by molar-refractivity contribution is 6.33. The van der Waals surface area contributed by atoms with Gasteiger partial charge in [-0.1, -0.05) is 25.4 Å². The Balaban J connectivity index is 1.78. The number of hydrogen-bond donors (Lipinski definition) is 1. The molecule has 1 fully saturated rings. The molecule has 1 aromatic heterocycles. The number of aromatic nitrogens is 1. The molecule has 0 unspecified atom stereocenters. The predicted octanol–water partition coefficient (Wildman–Crippen LogP) is 3.20. The van der Waals surface area contributed by atoms with Crippen LogP contribution in [0.4, 0.5) is 5.69 Å². The Morgan fingerprint density at radius 2 is 2.16 bits per heavy atom. The maximum Gasteiger partial charge on any atom is 0.0822 e. The lowest BCUT2D eigenvalue weighted by Gasteiger charge is -2.34. The molecule has 0 saturated carbocycles. The van der Waals surface area contributed by atoms with Crippen molar-refractivity contribution in [2.45, 2.75) is 26.7 Å². The first-order chi connectivity index (χ1) is 9.16. The molecule has 1 aromatic rings. The molecule has 0 bridgehead atoms. The lowest BCUT2D eigenvalue weighted by molar-refractivity contribution is 0.374. The maximum atomic E-state index is 6.20. The molecule has 0 spiro atoms. The molecule has 0 amide bonds. The van der Waals surface area contributed by atoms with Crippen molar-refractivity contribution in [2.75, 3.05) is 31.1 Å². The van der Waals surface area contributed by atoms with Gasteiger partial charge in [0.25, 0.3) is 0 Å². The second-order valence-electron chi connectivity index (χ2n) is 5.81. The molecule has 1 saturated heterocycles. The smallest absolute Gasteiger partial charge is 0.0822 e. The van der Waals surface area contributed by atoms with Crippen LogP contribution in [0.1, 0.15) is 26.7 Å². The third-order valence-corrected chi connectivity index (χ3v) is 3.98. The van der Waals surface area contributed by atoms with E-state index >= 15 is 0 Å². The van der Waals surface area contributed by atoms with E-state index in [0.717, 1.165) is 48.7 Å². The number of nitrogens with one attached hydrogen (secondary N) is 1. The van der Waals surface area contributed by atoms with Gasteiger partial charge in [0.2, 0.25) is 0 Å². The Bertz CT molecular complexity index is 387. The summed E-state index contributed by atoms with van der Waals surface area (Å²) in [5.41, 5.74) is 1.13. The molecule has 4 heteroatoms. The van der Waals surface area contributed by atoms with Crippen LogP contribution in [0.25, 0.3) is 0 Å². The normalized spacial score (nSPS) is 17.2. The van der Waals surface area contributed by atoms with Crippen molar-refractivity contribution in [3.05, 3.63) is 23.5 Å². The highest BCUT2D eigenvalue weighted by Gasteiger charge is 2.20. The van der Waals surface area contributed by atoms with Gasteiger partial charge in [-0.2, -0.15) is 0 Å². The summed E-state index contributed by atoms with van der Waals surface area (Å²) in [4.78, 5) is 6.42. The molecule has 0 aliphatic carbocycles. The van der Waals surface area contributed by atoms with Crippen molar-refractivity contribution in [3.8, 4) is 0 Å². The zero-order valence-corrected chi connectivity index (χ0v) is 12.7. The highest BCUT2D eigenvalue weighted by Crippen LogP contribution is 2.28. The summed E-state index contributed by atoms with van der Waals surface area (Å²) in [6.07, 6.45) is 6.03. The first-order valence-electron chi connectivity index (χ1n) is 7.22. The minimum atomic E-state index is 0.732. The number of rotatable bonds is 5. The molecule has 0 aromatic carbocycles. The summed E-state index contributed by atoms with van der Waals surface area (Å²) in [6.45, 7) is 8.96. The van der Waals surface area contributed by atoms with Crippen molar-refractivity contribution >= 4 is 17.3 Å². The Labute approximate surface area is 121 Å². The number of piperidine rings is 1. The molecule has 2 heterocycles. The number of hydrogen-bond acceptors (Lipinski definition) is 3. The van der Waals surface area contributed by atoms with Gasteiger partial charge in [-0.15, -0.1) is 0 Å². The third kappa shape index (κ3) is 4.36. The fourth-order valence-electron chi connectivity index (χ4n) is 2.58. The summed E-state index contributed by atoms with van der Waals surface area (Å²) >= 11 is 6.20. The van der Waals surface area contributed by atoms with Gasteiger partial charge in [-0.05, 0) is 43.8 Å². The van der Waals surface area contributed by atoms with Crippen LogP contribution in [-0.2, 0) is 0 Å². The molecule has 0 radical (unpaired) electrons. The lowest BCUT2D eigenvalue weighted by Crippen LogP contribution is -2.38. The lowest BCUT2D eigenvalue weighted by atomic mass is 9.96. The highest BCUT2D eigenvalue weighted by atomic mass is 35.5. The Morgan fingerprint density at radius 1 is 1.42 bits per heavy atom. The van der Waals surface area contributed by atoms with E-state index in [1.54, 1.807) is 6.20 Å². The third-order valence-electron chi connectivity index (χ3n) is 3.69. The largest absolute Gasteiger partial charge is 0.370 e. The van der Waals surface area contributed by atoms with E-state index in [0.29, 0.717) is 0 Å². The molecule has 106 valence electrons. The zero-order valence-electron chi connectivity index (χ0n) is 11.9. The fraction of sp³-hybridized carbons (Fsp3) is 0.667. The fourth-order valence-corrected chi connectivity index (χ4v) is 2.82. The summed E-state index contributed by atoms with van der Waals surface area (Å²) in [5, 5.41) is 4.33. The van der Waals surface area contributed by atoms with Gasteiger partial charge in [0, 0.05) is 25.5 Å². The van der Waals surface area contributed by atoms with Gasteiger partial charge < -0.3 is 10.2 Å². The second kappa shape index (κ2) is 7.11. The van der Waals surface area contributed by atoms with Crippen molar-refractivity contribution < 1.29 is 0 Å². The van der Waals surface area contributed by atoms with E-state index in [4.69, 9.17) is 11.6 Å². The van der Waals surface area contributed by atoms with Crippen LogP contribution < -0.4 is 10.2 Å². The number of halogens is 1. The average Bonchev–Trinajstić information content (AvgIpc) is 2.40. The van der Waals surface area contributed by atoms with E-state index in [1.165, 1.54) is 12.8 Å². The van der Waals surface area contributed by atoms with Crippen LogP contribution in [-0.4, -0.2) is 31.2 Å². The predicted molar refractivity (Wildman–Crippen MR) is 81.9 cm³/mol. The van der Waals surface area contributed by atoms with Gasteiger partial charge in [0.1, 0.15) is 0 Å². The van der Waals surface area contributed by atoms with Gasteiger partial charge in [0.15, 0.2) is 0 Å². The quantitative estimate of drug-likeness (QED) is 0.898. The van der Waals surface area contributed by atoms with E-state index in [-0.39, 0.29) is 0 Å². The molecule has 2 rings (SSSR count). The molecule has 0 atom stereocenters. The summed E-state index contributed by atoms with van der Waals surface area (Å²) in [5.74, 6) is 1.53. The molecule has 3 nitrogen and oxygen atoms in total. The van der Waals surface area contributed by atoms with Gasteiger partial charge in [-0.3, -0.25) is 4.98 Å². The van der Waals surface area contributed by atoms with Gasteiger partial charge in [-0.25, -0.2) is 0 Å². The molecular formula is C15H24ClN3. The Morgan fingerprint density at radius 3 is 2.79 bits per heavy atom. The molecule has 1 N–H and O–H groups in total. The molecule has 1 aliphatic rings. The van der Waals surface area contributed by atoms with Gasteiger partial charge in [0.05, 0.1) is 10.7 Å². The average molecular weight is 282 g/mol. The summed E-state index contributed by atoms with van der Waals surface area (Å²) in [7, 11) is 0. The van der Waals surface area contributed by atoms with Crippen molar-refractivity contribution in [1.82, 2.24) is 10.3 Å². The zero-order chi connectivity index (χ0) is 13.7. The number of pyridine rings is 1. The van der Waals surface area contributed by atoms with E-state index < -0.39 is 0 Å². The molecule has 1 aliphatic heterocycles. The maximum absolute atomic E-state index is 6.20. The number of anilines is 1. The SMILES string of the molecule is CC(C)CNCC1CCN(c2ccncc2Cl)CC1. The monoisotopic (exact) mass is 281 g/mol. The van der Waals surface area contributed by atoms with Crippen LogP contribution in [0.2, 0.25) is 5.02 Å². The first kappa shape index (κ1) is 14.6. The molecular weight excluding hydrogens is 258 g/mol. The van der Waals surface area contributed by atoms with Crippen LogP contribution >= 0.6 is 11.6 Å². The number of nitrogens with zero attached hydrogens (tertiary/aromatic N) is 2. The van der Waals surface area contributed by atoms with Crippen LogP contribution in [0.5, 0.6) is 0 Å². The van der Waals surface area contributed by atoms with Crippen LogP contribution in [0, 0.1) is 11.8 Å². The topological polar surface area (TPSA) is 28.2 Å². The minimum absolute atomic E-state index is 0.732. The summed E-state index contributed by atoms with van der Waals surface area (Å²) < 4.78 is 0. The van der Waals surface area contributed by atoms with Crippen molar-refractivity contribution in [3.63, 3.8) is 0 Å². The minimum Gasteiger partial charge on any atom is -0.370 e. The van der Waals surface area contributed by atoms with E-state index in [1.807, 2.05) is 12.3 Å². The second-order valence-corrected chi connectivity index (χ2v) is 6.22. The molecule has 19 heavy (non-hydrogen) atoms. The van der Waals surface area contributed by atoms with Crippen LogP contribution in [0.15, 0.2) is 18.5 Å². The Kier molecular flexibility index (Phi) is 5.46. The van der Waals surface area contributed by atoms with Crippen molar-refractivity contribution in [1.29, 1.82) is 0 Å². The standard InChI is InChI=1S/C15H24ClN3/c1-12(2)9-18-10-13-4-7-19(8-5-13)15-3-6-17-11-14(15)16/h3,6,11-13,18H,4-5,7-10H2,1-2H3.